The predicted molar refractivity (Wildman–Crippen MR) is 164 cm³/mol. The minimum absolute atomic E-state index is 0.189. The van der Waals surface area contributed by atoms with Crippen LogP contribution in [0.15, 0.2) is 105 Å². The fraction of sp³-hybridized carbons (Fsp3) is 0.133. The van der Waals surface area contributed by atoms with Crippen LogP contribution in [-0.2, 0) is 17.2 Å². The van der Waals surface area contributed by atoms with E-state index in [1.165, 1.54) is 39.4 Å². The maximum absolute atomic E-state index is 12.3. The van der Waals surface area contributed by atoms with Crippen LogP contribution in [0.4, 0.5) is 0 Å². The van der Waals surface area contributed by atoms with Gasteiger partial charge in [-0.25, -0.2) is 5.43 Å². The molecule has 202 valence electrons. The monoisotopic (exact) mass is 586 g/mol. The predicted octanol–water partition coefficient (Wildman–Crippen LogP) is 6.81. The molecule has 7 nitrogen and oxygen atoms in total. The first-order valence-corrected chi connectivity index (χ1v) is 15.2. The topological polar surface area (TPSA) is 85.7 Å². The molecule has 0 fully saturated rings. The molecule has 5 rings (SSSR count). The Morgan fingerprint density at radius 3 is 2.55 bits per heavy atom. The van der Waals surface area contributed by atoms with Gasteiger partial charge in [0.05, 0.1) is 19.1 Å². The lowest BCUT2D eigenvalue weighted by Crippen LogP contribution is -2.19. The Morgan fingerprint density at radius 2 is 1.70 bits per heavy atom. The summed E-state index contributed by atoms with van der Waals surface area (Å²) >= 11 is 4.48. The molecule has 1 heterocycles. The van der Waals surface area contributed by atoms with Crippen molar-refractivity contribution in [2.75, 3.05) is 12.9 Å². The maximum Gasteiger partial charge on any atom is 0.250 e. The summed E-state index contributed by atoms with van der Waals surface area (Å²) in [6.45, 7) is 0.417. The van der Waals surface area contributed by atoms with E-state index in [0.29, 0.717) is 18.1 Å². The number of hydrazone groups is 1. The summed E-state index contributed by atoms with van der Waals surface area (Å²) in [6.07, 6.45) is 1.57. The van der Waals surface area contributed by atoms with Crippen molar-refractivity contribution in [2.24, 2.45) is 5.10 Å². The number of carbonyl (C=O) groups excluding carboxylic acids is 1. The minimum atomic E-state index is -0.226. The lowest BCUT2D eigenvalue weighted by Gasteiger charge is -2.11. The van der Waals surface area contributed by atoms with Crippen LogP contribution in [0.5, 0.6) is 11.5 Å². The number of benzene rings is 4. The van der Waals surface area contributed by atoms with Gasteiger partial charge in [-0.1, -0.05) is 108 Å². The second-order valence-electron chi connectivity index (χ2n) is 8.53. The van der Waals surface area contributed by atoms with Crippen molar-refractivity contribution in [3.63, 3.8) is 0 Å². The number of nitrogens with one attached hydrogen (secondary N) is 1. The van der Waals surface area contributed by atoms with E-state index >= 15 is 0 Å². The largest absolute Gasteiger partial charge is 0.493 e. The van der Waals surface area contributed by atoms with Crippen molar-refractivity contribution >= 4 is 57.8 Å². The highest BCUT2D eigenvalue weighted by Gasteiger charge is 2.10. The quantitative estimate of drug-likeness (QED) is 0.0976. The molecular weight excluding hydrogens is 561 g/mol. The van der Waals surface area contributed by atoms with Crippen LogP contribution in [0.2, 0.25) is 0 Å². The van der Waals surface area contributed by atoms with Crippen LogP contribution in [0.1, 0.15) is 16.7 Å². The number of rotatable bonds is 12. The highest BCUT2D eigenvalue weighted by molar-refractivity contribution is 8.03. The second kappa shape index (κ2) is 14.0. The standard InChI is InChI=1S/C30H26N4O3S3/c1-36-26-15-14-22(16-27(26)37-18-21-8-3-2-4-9-21)17-31-32-28(35)20-39-30-34-33-29(40-30)38-19-24-12-7-11-23-10-5-6-13-25(23)24/h2-17H,18-20H2,1H3,(H,32,35). The number of aromatic nitrogens is 2. The third kappa shape index (κ3) is 7.62. The van der Waals surface area contributed by atoms with Crippen LogP contribution in [-0.4, -0.2) is 35.2 Å². The summed E-state index contributed by atoms with van der Waals surface area (Å²) in [6, 6.07) is 30.1. The molecule has 0 radical (unpaired) electrons. The zero-order valence-electron chi connectivity index (χ0n) is 21.7. The number of methoxy groups -OCH3 is 1. The van der Waals surface area contributed by atoms with E-state index in [0.717, 1.165) is 25.6 Å². The number of carbonyl (C=O) groups is 1. The summed E-state index contributed by atoms with van der Waals surface area (Å²) in [7, 11) is 1.60. The van der Waals surface area contributed by atoms with Gasteiger partial charge in [-0.05, 0) is 45.7 Å². The summed E-state index contributed by atoms with van der Waals surface area (Å²) in [5.74, 6) is 1.99. The van der Waals surface area contributed by atoms with Crippen molar-refractivity contribution in [1.82, 2.24) is 15.6 Å². The SMILES string of the molecule is COc1ccc(C=NNC(=O)CSc2nnc(SCc3cccc4ccccc34)s2)cc1OCc1ccccc1. The number of thioether (sulfide) groups is 2. The van der Waals surface area contributed by atoms with Crippen LogP contribution in [0.3, 0.4) is 0 Å². The fourth-order valence-corrected chi connectivity index (χ4v) is 6.65. The van der Waals surface area contributed by atoms with Crippen molar-refractivity contribution in [1.29, 1.82) is 0 Å². The second-order valence-corrected chi connectivity index (χ2v) is 11.9. The smallest absolute Gasteiger partial charge is 0.250 e. The normalized spacial score (nSPS) is 11.1. The highest BCUT2D eigenvalue weighted by atomic mass is 32.2. The van der Waals surface area contributed by atoms with E-state index in [1.54, 1.807) is 25.1 Å². The molecule has 0 atom stereocenters. The number of fused-ring (bicyclic) bond motifs is 1. The summed E-state index contributed by atoms with van der Waals surface area (Å²) in [4.78, 5) is 12.3. The van der Waals surface area contributed by atoms with Crippen LogP contribution in [0, 0.1) is 0 Å². The average molecular weight is 587 g/mol. The molecule has 0 saturated carbocycles. The fourth-order valence-electron chi connectivity index (χ4n) is 3.83. The molecule has 0 unspecified atom stereocenters. The van der Waals surface area contributed by atoms with E-state index in [4.69, 9.17) is 9.47 Å². The number of hydrogen-bond acceptors (Lipinski definition) is 9. The number of hydrogen-bond donors (Lipinski definition) is 1. The van der Waals surface area contributed by atoms with Gasteiger partial charge in [0.15, 0.2) is 20.2 Å². The van der Waals surface area contributed by atoms with Gasteiger partial charge in [-0.2, -0.15) is 5.10 Å². The van der Waals surface area contributed by atoms with E-state index < -0.39 is 0 Å². The van der Waals surface area contributed by atoms with E-state index in [2.05, 4.69) is 57.1 Å². The Labute approximate surface area is 245 Å². The Bertz CT molecular complexity index is 1600. The third-order valence-corrected chi connectivity index (χ3v) is 9.01. The van der Waals surface area contributed by atoms with Crippen LogP contribution < -0.4 is 14.9 Å². The molecule has 4 aromatic carbocycles. The van der Waals surface area contributed by atoms with Gasteiger partial charge in [0.2, 0.25) is 0 Å². The first-order chi connectivity index (χ1) is 19.7. The Balaban J connectivity index is 1.09. The lowest BCUT2D eigenvalue weighted by atomic mass is 10.1. The molecule has 0 spiro atoms. The first kappa shape index (κ1) is 27.7. The highest BCUT2D eigenvalue weighted by Crippen LogP contribution is 2.32. The molecule has 0 aliphatic rings. The molecule has 0 aliphatic heterocycles. The molecule has 0 aliphatic carbocycles. The van der Waals surface area contributed by atoms with E-state index in [9.17, 15) is 4.79 Å². The average Bonchev–Trinajstić information content (AvgIpc) is 3.46. The zero-order chi connectivity index (χ0) is 27.6. The van der Waals surface area contributed by atoms with Crippen molar-refractivity contribution in [3.8, 4) is 11.5 Å². The van der Waals surface area contributed by atoms with Gasteiger partial charge >= 0.3 is 0 Å². The van der Waals surface area contributed by atoms with E-state index in [1.807, 2.05) is 54.6 Å². The lowest BCUT2D eigenvalue weighted by molar-refractivity contribution is -0.118. The van der Waals surface area contributed by atoms with Gasteiger partial charge in [0.1, 0.15) is 6.61 Å². The molecule has 0 bridgehead atoms. The maximum atomic E-state index is 12.3. The van der Waals surface area contributed by atoms with Gasteiger partial charge in [0, 0.05) is 5.75 Å². The van der Waals surface area contributed by atoms with Crippen molar-refractivity contribution in [2.45, 2.75) is 21.0 Å². The molecule has 5 aromatic rings. The molecule has 1 aromatic heterocycles. The Hall–Kier alpha value is -3.86. The molecular formula is C30H26N4O3S3. The Kier molecular flexibility index (Phi) is 9.68. The molecule has 1 amide bonds. The summed E-state index contributed by atoms with van der Waals surface area (Å²) < 4.78 is 13.0. The van der Waals surface area contributed by atoms with Crippen molar-refractivity contribution < 1.29 is 14.3 Å². The number of amides is 1. The van der Waals surface area contributed by atoms with Crippen LogP contribution >= 0.6 is 34.9 Å². The third-order valence-electron chi connectivity index (χ3n) is 5.77. The molecule has 1 N–H and O–H groups in total. The first-order valence-electron chi connectivity index (χ1n) is 12.4. The van der Waals surface area contributed by atoms with Gasteiger partial charge < -0.3 is 9.47 Å². The van der Waals surface area contributed by atoms with Gasteiger partial charge in [-0.15, -0.1) is 10.2 Å². The summed E-state index contributed by atoms with van der Waals surface area (Å²) in [5, 5.41) is 15.1. The van der Waals surface area contributed by atoms with E-state index in [-0.39, 0.29) is 11.7 Å². The van der Waals surface area contributed by atoms with Crippen LogP contribution in [0.25, 0.3) is 10.8 Å². The molecule has 10 heteroatoms. The molecule has 0 saturated heterocycles. The minimum Gasteiger partial charge on any atom is -0.493 e. The summed E-state index contributed by atoms with van der Waals surface area (Å²) in [5.41, 5.74) is 5.65. The number of nitrogens with zero attached hydrogens (tertiary/aromatic N) is 3. The number of ether oxygens (including phenoxy) is 2. The molecule has 40 heavy (non-hydrogen) atoms. The van der Waals surface area contributed by atoms with Gasteiger partial charge in [-0.3, -0.25) is 4.79 Å². The van der Waals surface area contributed by atoms with Gasteiger partial charge in [0.25, 0.3) is 5.91 Å². The Morgan fingerprint density at radius 1 is 0.925 bits per heavy atom. The van der Waals surface area contributed by atoms with Crippen molar-refractivity contribution in [3.05, 3.63) is 108 Å². The zero-order valence-corrected chi connectivity index (χ0v) is 24.1.